The molecule has 0 radical (unpaired) electrons. The number of piperazine rings is 1. The molecular formula is C21H27N5O3. The number of benzene rings is 1. The quantitative estimate of drug-likeness (QED) is 0.683. The lowest BCUT2D eigenvalue weighted by Gasteiger charge is -2.34. The summed E-state index contributed by atoms with van der Waals surface area (Å²) in [6, 6.07) is 8.95. The van der Waals surface area contributed by atoms with Crippen molar-refractivity contribution in [2.45, 2.75) is 19.8 Å². The summed E-state index contributed by atoms with van der Waals surface area (Å²) in [6.45, 7) is 5.59. The van der Waals surface area contributed by atoms with Gasteiger partial charge in [-0.1, -0.05) is 12.1 Å². The molecule has 154 valence electrons. The van der Waals surface area contributed by atoms with E-state index in [0.29, 0.717) is 56.3 Å². The number of hydrogen-bond acceptors (Lipinski definition) is 6. The van der Waals surface area contributed by atoms with Crippen molar-refractivity contribution in [1.82, 2.24) is 20.2 Å². The largest absolute Gasteiger partial charge is 0.493 e. The molecule has 1 aromatic carbocycles. The molecule has 0 aliphatic carbocycles. The van der Waals surface area contributed by atoms with Gasteiger partial charge in [0.1, 0.15) is 5.75 Å². The summed E-state index contributed by atoms with van der Waals surface area (Å²) in [5, 5.41) is 2.87. The number of rotatable bonds is 8. The van der Waals surface area contributed by atoms with E-state index in [1.165, 1.54) is 0 Å². The third-order valence-electron chi connectivity index (χ3n) is 4.75. The van der Waals surface area contributed by atoms with Crippen LogP contribution in [0.1, 0.15) is 30.1 Å². The highest BCUT2D eigenvalue weighted by molar-refractivity contribution is 5.96. The number of ether oxygens (including phenoxy) is 1. The van der Waals surface area contributed by atoms with Crippen LogP contribution in [0.3, 0.4) is 0 Å². The highest BCUT2D eigenvalue weighted by Gasteiger charge is 2.22. The second-order valence-electron chi connectivity index (χ2n) is 6.71. The molecule has 0 saturated carbocycles. The van der Waals surface area contributed by atoms with Crippen molar-refractivity contribution in [3.05, 3.63) is 48.3 Å². The van der Waals surface area contributed by atoms with E-state index in [4.69, 9.17) is 4.74 Å². The number of amides is 2. The topological polar surface area (TPSA) is 87.7 Å². The molecule has 2 heterocycles. The molecule has 8 nitrogen and oxygen atoms in total. The number of anilines is 1. The van der Waals surface area contributed by atoms with E-state index in [1.54, 1.807) is 36.7 Å². The molecule has 0 unspecified atom stereocenters. The molecule has 1 N–H and O–H groups in total. The fraction of sp³-hybridized carbons (Fsp3) is 0.429. The SMILES string of the molecule is CCOc1ccccc1C(=O)NCCCC(=O)N1CCN(c2ncccn2)CC1. The predicted molar refractivity (Wildman–Crippen MR) is 110 cm³/mol. The van der Waals surface area contributed by atoms with Crippen LogP contribution in [-0.4, -0.2) is 66.0 Å². The Morgan fingerprint density at radius 2 is 1.79 bits per heavy atom. The molecule has 1 aliphatic rings. The molecule has 29 heavy (non-hydrogen) atoms. The Labute approximate surface area is 170 Å². The predicted octanol–water partition coefficient (Wildman–Crippen LogP) is 1.73. The van der Waals surface area contributed by atoms with Crippen molar-refractivity contribution in [2.75, 3.05) is 44.2 Å². The molecule has 2 aromatic rings. The zero-order valence-electron chi connectivity index (χ0n) is 16.7. The van der Waals surface area contributed by atoms with Gasteiger partial charge in [0.2, 0.25) is 11.9 Å². The maximum Gasteiger partial charge on any atom is 0.255 e. The first kappa shape index (κ1) is 20.6. The average molecular weight is 397 g/mol. The van der Waals surface area contributed by atoms with Crippen molar-refractivity contribution in [2.24, 2.45) is 0 Å². The molecule has 1 aromatic heterocycles. The van der Waals surface area contributed by atoms with Crippen LogP contribution in [0.5, 0.6) is 5.75 Å². The van der Waals surface area contributed by atoms with Crippen LogP contribution >= 0.6 is 0 Å². The minimum absolute atomic E-state index is 0.114. The smallest absolute Gasteiger partial charge is 0.255 e. The first-order valence-electron chi connectivity index (χ1n) is 9.99. The number of nitrogens with zero attached hydrogens (tertiary/aromatic N) is 4. The van der Waals surface area contributed by atoms with Gasteiger partial charge in [-0.15, -0.1) is 0 Å². The Bertz CT molecular complexity index is 807. The minimum Gasteiger partial charge on any atom is -0.493 e. The van der Waals surface area contributed by atoms with E-state index in [2.05, 4.69) is 20.2 Å². The molecule has 1 aliphatic heterocycles. The first-order chi connectivity index (χ1) is 14.2. The van der Waals surface area contributed by atoms with Gasteiger partial charge in [-0.3, -0.25) is 9.59 Å². The van der Waals surface area contributed by atoms with E-state index < -0.39 is 0 Å². The second-order valence-corrected chi connectivity index (χ2v) is 6.71. The van der Waals surface area contributed by atoms with Crippen LogP contribution < -0.4 is 15.0 Å². The van der Waals surface area contributed by atoms with E-state index >= 15 is 0 Å². The van der Waals surface area contributed by atoms with Gasteiger partial charge in [0, 0.05) is 51.5 Å². The van der Waals surface area contributed by atoms with E-state index in [1.807, 2.05) is 17.9 Å². The van der Waals surface area contributed by atoms with Crippen molar-refractivity contribution in [3.63, 3.8) is 0 Å². The van der Waals surface area contributed by atoms with Gasteiger partial charge in [-0.2, -0.15) is 0 Å². The van der Waals surface area contributed by atoms with Crippen LogP contribution in [0.4, 0.5) is 5.95 Å². The number of carbonyl (C=O) groups is 2. The summed E-state index contributed by atoms with van der Waals surface area (Å²) in [6.07, 6.45) is 4.46. The Hall–Kier alpha value is -3.16. The molecule has 0 atom stereocenters. The lowest BCUT2D eigenvalue weighted by atomic mass is 10.2. The van der Waals surface area contributed by atoms with Crippen molar-refractivity contribution >= 4 is 17.8 Å². The Morgan fingerprint density at radius 3 is 2.52 bits per heavy atom. The lowest BCUT2D eigenvalue weighted by Crippen LogP contribution is -2.49. The standard InChI is InChI=1S/C21H27N5O3/c1-2-29-18-8-4-3-7-17(18)20(28)22-10-5-9-19(27)25-13-15-26(16-14-25)21-23-11-6-12-24-21/h3-4,6-8,11-12H,2,5,9-10,13-16H2,1H3,(H,22,28). The molecule has 0 spiro atoms. The van der Waals surface area contributed by atoms with Gasteiger partial charge in [0.25, 0.3) is 5.91 Å². The fourth-order valence-electron chi connectivity index (χ4n) is 3.24. The number of nitrogens with one attached hydrogen (secondary N) is 1. The molecule has 3 rings (SSSR count). The number of carbonyl (C=O) groups excluding carboxylic acids is 2. The number of para-hydroxylation sites is 1. The third-order valence-corrected chi connectivity index (χ3v) is 4.75. The van der Waals surface area contributed by atoms with Crippen LogP contribution in [0.25, 0.3) is 0 Å². The van der Waals surface area contributed by atoms with Crippen LogP contribution in [0.15, 0.2) is 42.7 Å². The van der Waals surface area contributed by atoms with Gasteiger partial charge in [0.15, 0.2) is 0 Å². The molecule has 0 bridgehead atoms. The zero-order valence-corrected chi connectivity index (χ0v) is 16.7. The Balaban J connectivity index is 1.38. The van der Waals surface area contributed by atoms with E-state index in [9.17, 15) is 9.59 Å². The summed E-state index contributed by atoms with van der Waals surface area (Å²) >= 11 is 0. The summed E-state index contributed by atoms with van der Waals surface area (Å²) in [4.78, 5) is 37.3. The van der Waals surface area contributed by atoms with Gasteiger partial charge in [0.05, 0.1) is 12.2 Å². The molecular weight excluding hydrogens is 370 g/mol. The third kappa shape index (κ3) is 5.66. The van der Waals surface area contributed by atoms with E-state index in [-0.39, 0.29) is 11.8 Å². The van der Waals surface area contributed by atoms with Gasteiger partial charge >= 0.3 is 0 Å². The maximum absolute atomic E-state index is 12.4. The van der Waals surface area contributed by atoms with Crippen molar-refractivity contribution < 1.29 is 14.3 Å². The summed E-state index contributed by atoms with van der Waals surface area (Å²) in [5.74, 6) is 1.21. The molecule has 1 fully saturated rings. The molecule has 2 amide bonds. The van der Waals surface area contributed by atoms with Crippen LogP contribution in [-0.2, 0) is 4.79 Å². The second kappa shape index (κ2) is 10.4. The van der Waals surface area contributed by atoms with Gasteiger partial charge in [-0.25, -0.2) is 9.97 Å². The van der Waals surface area contributed by atoms with E-state index in [0.717, 1.165) is 13.1 Å². The summed E-state index contributed by atoms with van der Waals surface area (Å²) in [7, 11) is 0. The zero-order chi connectivity index (χ0) is 20.5. The summed E-state index contributed by atoms with van der Waals surface area (Å²) in [5.41, 5.74) is 0.514. The number of hydrogen-bond donors (Lipinski definition) is 1. The Kier molecular flexibility index (Phi) is 7.38. The molecule has 8 heteroatoms. The van der Waals surface area contributed by atoms with Crippen LogP contribution in [0, 0.1) is 0 Å². The molecule has 1 saturated heterocycles. The highest BCUT2D eigenvalue weighted by atomic mass is 16.5. The number of aromatic nitrogens is 2. The average Bonchev–Trinajstić information content (AvgIpc) is 2.78. The lowest BCUT2D eigenvalue weighted by molar-refractivity contribution is -0.131. The Morgan fingerprint density at radius 1 is 1.07 bits per heavy atom. The normalized spacial score (nSPS) is 13.8. The van der Waals surface area contributed by atoms with Crippen molar-refractivity contribution in [1.29, 1.82) is 0 Å². The van der Waals surface area contributed by atoms with Gasteiger partial charge in [-0.05, 0) is 31.5 Å². The monoisotopic (exact) mass is 397 g/mol. The fourth-order valence-corrected chi connectivity index (χ4v) is 3.24. The first-order valence-corrected chi connectivity index (χ1v) is 9.99. The highest BCUT2D eigenvalue weighted by Crippen LogP contribution is 2.17. The summed E-state index contributed by atoms with van der Waals surface area (Å²) < 4.78 is 5.49. The van der Waals surface area contributed by atoms with Crippen LogP contribution in [0.2, 0.25) is 0 Å². The maximum atomic E-state index is 12.4. The minimum atomic E-state index is -0.182. The van der Waals surface area contributed by atoms with Crippen molar-refractivity contribution in [3.8, 4) is 5.75 Å². The van der Waals surface area contributed by atoms with Gasteiger partial charge < -0.3 is 19.9 Å².